The Bertz CT molecular complexity index is 711. The van der Waals surface area contributed by atoms with Crippen LogP contribution in [0.15, 0.2) is 24.3 Å². The summed E-state index contributed by atoms with van der Waals surface area (Å²) < 4.78 is 0. The third-order valence-electron chi connectivity index (χ3n) is 4.75. The van der Waals surface area contributed by atoms with E-state index in [-0.39, 0.29) is 5.91 Å². The molecule has 1 amide bonds. The predicted molar refractivity (Wildman–Crippen MR) is 101 cm³/mol. The molecule has 0 bridgehead atoms. The maximum absolute atomic E-state index is 12.5. The van der Waals surface area contributed by atoms with E-state index in [9.17, 15) is 4.79 Å². The minimum Gasteiger partial charge on any atom is -0.354 e. The van der Waals surface area contributed by atoms with Crippen LogP contribution in [0.4, 0.5) is 0 Å². The highest BCUT2D eigenvalue weighted by Gasteiger charge is 2.22. The molecule has 8 heteroatoms. The molecule has 2 heterocycles. The van der Waals surface area contributed by atoms with E-state index in [1.54, 1.807) is 12.1 Å². The number of carbonyl (C=O) groups excluding carboxylic acids is 1. The van der Waals surface area contributed by atoms with Gasteiger partial charge in [0, 0.05) is 17.1 Å². The Morgan fingerprint density at radius 2 is 2.23 bits per heavy atom. The van der Waals surface area contributed by atoms with Gasteiger partial charge in [0.1, 0.15) is 0 Å². The molecule has 3 rings (SSSR count). The van der Waals surface area contributed by atoms with Crippen LogP contribution in [0, 0.1) is 5.92 Å². The first-order valence-electron chi connectivity index (χ1n) is 9.21. The largest absolute Gasteiger partial charge is 0.354 e. The van der Waals surface area contributed by atoms with Crippen molar-refractivity contribution < 1.29 is 4.79 Å². The number of hydrogen-bond donors (Lipinski definition) is 2. The number of carbonyl (C=O) groups is 1. The van der Waals surface area contributed by atoms with Gasteiger partial charge in [0.05, 0.1) is 0 Å². The van der Waals surface area contributed by atoms with Crippen molar-refractivity contribution in [2.45, 2.75) is 38.6 Å². The second kappa shape index (κ2) is 9.09. The van der Waals surface area contributed by atoms with E-state index >= 15 is 0 Å². The zero-order valence-corrected chi connectivity index (χ0v) is 15.7. The quantitative estimate of drug-likeness (QED) is 0.775. The third-order valence-corrected chi connectivity index (χ3v) is 5.00. The van der Waals surface area contributed by atoms with E-state index < -0.39 is 6.04 Å². The standard InChI is InChI=1S/C18H25ClN6O/c1-2-16(18(26)21-11-9-13-4-3-10-20-12-13)25-23-17(22-24-25)14-5-7-15(19)8-6-14/h5-8,13,16,20H,2-4,9-12H2,1H3,(H,21,26). The zero-order valence-electron chi connectivity index (χ0n) is 15.0. The van der Waals surface area contributed by atoms with Gasteiger partial charge in [0.25, 0.3) is 0 Å². The van der Waals surface area contributed by atoms with Crippen LogP contribution in [-0.2, 0) is 4.79 Å². The SMILES string of the molecule is CCC(C(=O)NCCC1CCCNC1)n1nnc(-c2ccc(Cl)cc2)n1. The van der Waals surface area contributed by atoms with E-state index in [0.717, 1.165) is 25.1 Å². The van der Waals surface area contributed by atoms with E-state index in [4.69, 9.17) is 11.6 Å². The molecule has 2 N–H and O–H groups in total. The minimum atomic E-state index is -0.451. The zero-order chi connectivity index (χ0) is 18.4. The topological polar surface area (TPSA) is 84.7 Å². The normalized spacial score (nSPS) is 18.5. The number of tetrazole rings is 1. The van der Waals surface area contributed by atoms with Gasteiger partial charge in [0.15, 0.2) is 6.04 Å². The molecule has 140 valence electrons. The van der Waals surface area contributed by atoms with Gasteiger partial charge in [-0.25, -0.2) is 0 Å². The molecule has 1 aromatic carbocycles. The van der Waals surface area contributed by atoms with Crippen molar-refractivity contribution in [1.82, 2.24) is 30.8 Å². The lowest BCUT2D eigenvalue weighted by Crippen LogP contribution is -2.36. The fraction of sp³-hybridized carbons (Fsp3) is 0.556. The average molecular weight is 377 g/mol. The third kappa shape index (κ3) is 4.80. The summed E-state index contributed by atoms with van der Waals surface area (Å²) in [7, 11) is 0. The number of halogens is 1. The maximum Gasteiger partial charge on any atom is 0.246 e. The van der Waals surface area contributed by atoms with Crippen LogP contribution in [0.25, 0.3) is 11.4 Å². The van der Waals surface area contributed by atoms with Gasteiger partial charge < -0.3 is 10.6 Å². The maximum atomic E-state index is 12.5. The van der Waals surface area contributed by atoms with Gasteiger partial charge in [-0.3, -0.25) is 4.79 Å². The molecule has 1 fully saturated rings. The molecular formula is C18H25ClN6O. The molecule has 2 atom stereocenters. The van der Waals surface area contributed by atoms with Crippen LogP contribution in [-0.4, -0.2) is 45.7 Å². The Hall–Kier alpha value is -1.99. The lowest BCUT2D eigenvalue weighted by molar-refractivity contribution is -0.125. The summed E-state index contributed by atoms with van der Waals surface area (Å²) in [5.74, 6) is 1.07. The molecule has 0 radical (unpaired) electrons. The van der Waals surface area contributed by atoms with Gasteiger partial charge >= 0.3 is 0 Å². The van der Waals surface area contributed by atoms with Crippen molar-refractivity contribution in [3.05, 3.63) is 29.3 Å². The van der Waals surface area contributed by atoms with Crippen molar-refractivity contribution in [2.75, 3.05) is 19.6 Å². The second-order valence-electron chi connectivity index (χ2n) is 6.66. The van der Waals surface area contributed by atoms with Crippen LogP contribution in [0.1, 0.15) is 38.6 Å². The molecule has 0 aliphatic carbocycles. The number of nitrogens with one attached hydrogen (secondary N) is 2. The molecular weight excluding hydrogens is 352 g/mol. The van der Waals surface area contributed by atoms with Gasteiger partial charge in [-0.1, -0.05) is 18.5 Å². The van der Waals surface area contributed by atoms with Gasteiger partial charge in [-0.2, -0.15) is 4.80 Å². The number of benzene rings is 1. The lowest BCUT2D eigenvalue weighted by Gasteiger charge is -2.23. The summed E-state index contributed by atoms with van der Waals surface area (Å²) in [6.45, 7) is 4.78. The number of nitrogens with zero attached hydrogens (tertiary/aromatic N) is 4. The first-order valence-corrected chi connectivity index (χ1v) is 9.59. The molecule has 1 aromatic heterocycles. The van der Waals surface area contributed by atoms with Crippen LogP contribution in [0.2, 0.25) is 5.02 Å². The van der Waals surface area contributed by atoms with Gasteiger partial charge in [-0.05, 0) is 74.2 Å². The van der Waals surface area contributed by atoms with Crippen molar-refractivity contribution in [1.29, 1.82) is 0 Å². The first-order chi connectivity index (χ1) is 12.7. The molecule has 0 saturated carbocycles. The van der Waals surface area contributed by atoms with Crippen LogP contribution in [0.3, 0.4) is 0 Å². The van der Waals surface area contributed by atoms with Crippen molar-refractivity contribution in [2.24, 2.45) is 5.92 Å². The van der Waals surface area contributed by atoms with E-state index in [1.807, 2.05) is 19.1 Å². The lowest BCUT2D eigenvalue weighted by atomic mass is 9.96. The molecule has 2 aromatic rings. The summed E-state index contributed by atoms with van der Waals surface area (Å²) in [4.78, 5) is 13.9. The molecule has 1 aliphatic heterocycles. The summed E-state index contributed by atoms with van der Waals surface area (Å²) in [5.41, 5.74) is 0.820. The Kier molecular flexibility index (Phi) is 6.57. The average Bonchev–Trinajstić information content (AvgIpc) is 3.13. The Morgan fingerprint density at radius 3 is 2.92 bits per heavy atom. The highest BCUT2D eigenvalue weighted by atomic mass is 35.5. The van der Waals surface area contributed by atoms with Gasteiger partial charge in [-0.15, -0.1) is 10.2 Å². The minimum absolute atomic E-state index is 0.0590. The van der Waals surface area contributed by atoms with Gasteiger partial charge in [0.2, 0.25) is 11.7 Å². The summed E-state index contributed by atoms with van der Waals surface area (Å²) in [6, 6.07) is 6.78. The van der Waals surface area contributed by atoms with Crippen molar-refractivity contribution in [3.63, 3.8) is 0 Å². The molecule has 7 nitrogen and oxygen atoms in total. The fourth-order valence-corrected chi connectivity index (χ4v) is 3.34. The van der Waals surface area contributed by atoms with E-state index in [0.29, 0.717) is 29.7 Å². The summed E-state index contributed by atoms with van der Waals surface area (Å²) in [6.07, 6.45) is 4.05. The predicted octanol–water partition coefficient (Wildman–Crippen LogP) is 2.45. The number of piperidine rings is 1. The number of hydrogen-bond acceptors (Lipinski definition) is 5. The molecule has 1 saturated heterocycles. The molecule has 26 heavy (non-hydrogen) atoms. The van der Waals surface area contributed by atoms with Crippen LogP contribution in [0.5, 0.6) is 0 Å². The van der Waals surface area contributed by atoms with Crippen molar-refractivity contribution in [3.8, 4) is 11.4 Å². The van der Waals surface area contributed by atoms with Crippen LogP contribution < -0.4 is 10.6 Å². The summed E-state index contributed by atoms with van der Waals surface area (Å²) >= 11 is 5.90. The monoisotopic (exact) mass is 376 g/mol. The molecule has 0 spiro atoms. The fourth-order valence-electron chi connectivity index (χ4n) is 3.21. The Morgan fingerprint density at radius 1 is 1.42 bits per heavy atom. The number of rotatable bonds is 7. The number of aromatic nitrogens is 4. The molecule has 2 unspecified atom stereocenters. The molecule has 1 aliphatic rings. The van der Waals surface area contributed by atoms with Crippen molar-refractivity contribution >= 4 is 17.5 Å². The second-order valence-corrected chi connectivity index (χ2v) is 7.09. The van der Waals surface area contributed by atoms with E-state index in [2.05, 4.69) is 26.0 Å². The highest BCUT2D eigenvalue weighted by Crippen LogP contribution is 2.18. The summed E-state index contributed by atoms with van der Waals surface area (Å²) in [5, 5.41) is 19.6. The Labute approximate surface area is 158 Å². The first kappa shape index (κ1) is 18.8. The van der Waals surface area contributed by atoms with E-state index in [1.165, 1.54) is 17.6 Å². The highest BCUT2D eigenvalue weighted by molar-refractivity contribution is 6.30. The van der Waals surface area contributed by atoms with Crippen LogP contribution >= 0.6 is 11.6 Å². The smallest absolute Gasteiger partial charge is 0.246 e. The number of amides is 1. The Balaban J connectivity index is 1.57.